The van der Waals surface area contributed by atoms with Crippen LogP contribution in [-0.2, 0) is 12.0 Å². The topological polar surface area (TPSA) is 79.0 Å². The maximum absolute atomic E-state index is 12.8. The maximum atomic E-state index is 12.8. The van der Waals surface area contributed by atoms with Gasteiger partial charge in [0.1, 0.15) is 5.56 Å². The number of pyridine rings is 1. The number of nitrogens with one attached hydrogen (secondary N) is 2. The van der Waals surface area contributed by atoms with Crippen molar-refractivity contribution in [3.63, 3.8) is 0 Å². The van der Waals surface area contributed by atoms with Gasteiger partial charge in [0.05, 0.1) is 5.54 Å². The van der Waals surface area contributed by atoms with Crippen LogP contribution in [0.5, 0.6) is 0 Å². The van der Waals surface area contributed by atoms with Crippen LogP contribution in [0.4, 0.5) is 0 Å². The molecule has 0 aliphatic heterocycles. The molecule has 1 saturated carbocycles. The molecule has 2 aliphatic carbocycles. The summed E-state index contributed by atoms with van der Waals surface area (Å²) in [4.78, 5) is 40.0. The van der Waals surface area contributed by atoms with Gasteiger partial charge < -0.3 is 10.3 Å². The first-order chi connectivity index (χ1) is 12.1. The van der Waals surface area contributed by atoms with Crippen LogP contribution in [0.2, 0.25) is 0 Å². The second-order valence-corrected chi connectivity index (χ2v) is 6.94. The fourth-order valence-electron chi connectivity index (χ4n) is 3.80. The Balaban J connectivity index is 1.67. The van der Waals surface area contributed by atoms with E-state index in [2.05, 4.69) is 10.3 Å². The Kier molecular flexibility index (Phi) is 3.79. The van der Waals surface area contributed by atoms with Crippen molar-refractivity contribution in [2.75, 3.05) is 0 Å². The lowest BCUT2D eigenvalue weighted by Gasteiger charge is -2.43. The number of benzene rings is 1. The van der Waals surface area contributed by atoms with Crippen LogP contribution in [-0.4, -0.2) is 16.7 Å². The van der Waals surface area contributed by atoms with Crippen LogP contribution >= 0.6 is 0 Å². The maximum Gasteiger partial charge on any atom is 0.261 e. The van der Waals surface area contributed by atoms with E-state index in [1.807, 2.05) is 30.3 Å². The van der Waals surface area contributed by atoms with E-state index in [1.54, 1.807) is 0 Å². The van der Waals surface area contributed by atoms with Gasteiger partial charge in [-0.25, -0.2) is 0 Å². The molecule has 0 saturated heterocycles. The number of fused-ring (bicyclic) bond motifs is 1. The van der Waals surface area contributed by atoms with Gasteiger partial charge in [0.25, 0.3) is 11.5 Å². The summed E-state index contributed by atoms with van der Waals surface area (Å²) in [6, 6.07) is 11.3. The van der Waals surface area contributed by atoms with E-state index in [-0.39, 0.29) is 11.3 Å². The monoisotopic (exact) mass is 336 g/mol. The van der Waals surface area contributed by atoms with E-state index < -0.39 is 17.0 Å². The number of Topliss-reactive ketones (excluding diaryl/α,β-unsaturated/α-hetero) is 1. The molecule has 2 aromatic rings. The highest BCUT2D eigenvalue weighted by molar-refractivity contribution is 6.01. The lowest BCUT2D eigenvalue weighted by molar-refractivity contribution is 0.0821. The number of H-pyrrole nitrogens is 1. The Labute approximate surface area is 145 Å². The fourth-order valence-corrected chi connectivity index (χ4v) is 3.80. The highest BCUT2D eigenvalue weighted by Crippen LogP contribution is 2.41. The van der Waals surface area contributed by atoms with Crippen molar-refractivity contribution in [1.29, 1.82) is 0 Å². The molecule has 0 unspecified atom stereocenters. The van der Waals surface area contributed by atoms with Crippen LogP contribution in [0.15, 0.2) is 41.2 Å². The molecule has 2 N–H and O–H groups in total. The molecule has 1 aromatic heterocycles. The van der Waals surface area contributed by atoms with Crippen molar-refractivity contribution in [1.82, 2.24) is 10.3 Å². The summed E-state index contributed by atoms with van der Waals surface area (Å²) >= 11 is 0. The van der Waals surface area contributed by atoms with Crippen LogP contribution in [0.25, 0.3) is 0 Å². The molecule has 1 fully saturated rings. The third-order valence-electron chi connectivity index (χ3n) is 5.38. The van der Waals surface area contributed by atoms with Gasteiger partial charge in [-0.15, -0.1) is 0 Å². The zero-order chi connectivity index (χ0) is 17.4. The number of aryl methyl sites for hydroxylation is 1. The van der Waals surface area contributed by atoms with Crippen LogP contribution < -0.4 is 10.9 Å². The normalized spacial score (nSPS) is 18.2. The van der Waals surface area contributed by atoms with Gasteiger partial charge >= 0.3 is 0 Å². The first kappa shape index (κ1) is 15.8. The van der Waals surface area contributed by atoms with Crippen molar-refractivity contribution >= 4 is 11.7 Å². The number of aromatic nitrogens is 1. The molecule has 5 heteroatoms. The summed E-state index contributed by atoms with van der Waals surface area (Å²) in [5.41, 5.74) is 1.38. The SMILES string of the molecule is O=C1CCCc2[nH]c(=O)c(C(=O)NC3(c4ccccc4)CCC3)cc21. The zero-order valence-electron chi connectivity index (χ0n) is 13.9. The molecule has 25 heavy (non-hydrogen) atoms. The number of aromatic amines is 1. The Morgan fingerprint density at radius 1 is 1.04 bits per heavy atom. The molecule has 0 bridgehead atoms. The second kappa shape index (κ2) is 5.99. The predicted octanol–water partition coefficient (Wildman–Crippen LogP) is 2.70. The van der Waals surface area contributed by atoms with Crippen LogP contribution in [0.3, 0.4) is 0 Å². The average molecular weight is 336 g/mol. The lowest BCUT2D eigenvalue weighted by Crippen LogP contribution is -2.51. The standard InChI is InChI=1S/C20H20N2O3/c23-17-9-4-8-16-14(17)12-15(18(24)21-16)19(25)22-20(10-5-11-20)13-6-2-1-3-7-13/h1-3,6-7,12H,4-5,8-11H2,(H,21,24)(H,22,25). The average Bonchev–Trinajstić information content (AvgIpc) is 2.58. The van der Waals surface area contributed by atoms with Crippen LogP contribution in [0.1, 0.15) is 64.1 Å². The number of ketones is 1. The molecular formula is C20H20N2O3. The quantitative estimate of drug-likeness (QED) is 0.904. The van der Waals surface area contributed by atoms with Crippen molar-refractivity contribution in [2.45, 2.75) is 44.1 Å². The van der Waals surface area contributed by atoms with Gasteiger partial charge in [0, 0.05) is 17.7 Å². The molecule has 0 atom stereocenters. The van der Waals surface area contributed by atoms with E-state index in [4.69, 9.17) is 0 Å². The summed E-state index contributed by atoms with van der Waals surface area (Å²) in [6.07, 6.45) is 4.62. The molecule has 5 nitrogen and oxygen atoms in total. The summed E-state index contributed by atoms with van der Waals surface area (Å²) in [5, 5.41) is 3.05. The minimum absolute atomic E-state index is 0.00651. The molecular weight excluding hydrogens is 316 g/mol. The number of hydrogen-bond donors (Lipinski definition) is 2. The number of carbonyl (C=O) groups excluding carboxylic acids is 2. The van der Waals surface area contributed by atoms with Gasteiger partial charge in [0.15, 0.2) is 5.78 Å². The summed E-state index contributed by atoms with van der Waals surface area (Å²) < 4.78 is 0. The van der Waals surface area contributed by atoms with E-state index in [1.165, 1.54) is 6.07 Å². The van der Waals surface area contributed by atoms with Gasteiger partial charge in [-0.2, -0.15) is 0 Å². The number of hydrogen-bond acceptors (Lipinski definition) is 3. The third-order valence-corrected chi connectivity index (χ3v) is 5.38. The summed E-state index contributed by atoms with van der Waals surface area (Å²) in [5.74, 6) is -0.418. The van der Waals surface area contributed by atoms with Crippen LogP contribution in [0, 0.1) is 0 Å². The molecule has 0 spiro atoms. The molecule has 0 radical (unpaired) electrons. The third kappa shape index (κ3) is 2.69. The zero-order valence-corrected chi connectivity index (χ0v) is 13.9. The van der Waals surface area contributed by atoms with Crippen molar-refractivity contribution in [3.8, 4) is 0 Å². The van der Waals surface area contributed by atoms with Gasteiger partial charge in [-0.3, -0.25) is 14.4 Å². The Morgan fingerprint density at radius 2 is 1.80 bits per heavy atom. The molecule has 1 aromatic carbocycles. The number of rotatable bonds is 3. The van der Waals surface area contributed by atoms with Gasteiger partial charge in [0.2, 0.25) is 0 Å². The number of amides is 1. The van der Waals surface area contributed by atoms with Gasteiger partial charge in [-0.1, -0.05) is 30.3 Å². The minimum atomic E-state index is -0.423. The molecule has 4 rings (SSSR count). The molecule has 1 amide bonds. The second-order valence-electron chi connectivity index (χ2n) is 6.94. The predicted molar refractivity (Wildman–Crippen MR) is 93.8 cm³/mol. The molecule has 2 aliphatic rings. The highest BCUT2D eigenvalue weighted by atomic mass is 16.2. The smallest absolute Gasteiger partial charge is 0.261 e. The Morgan fingerprint density at radius 3 is 2.48 bits per heavy atom. The van der Waals surface area contributed by atoms with E-state index >= 15 is 0 Å². The first-order valence-electron chi connectivity index (χ1n) is 8.76. The lowest BCUT2D eigenvalue weighted by atomic mass is 9.71. The largest absolute Gasteiger partial charge is 0.342 e. The Hall–Kier alpha value is -2.69. The van der Waals surface area contributed by atoms with Crippen molar-refractivity contribution in [2.24, 2.45) is 0 Å². The Bertz CT molecular complexity index is 895. The summed E-state index contributed by atoms with van der Waals surface area (Å²) in [6.45, 7) is 0. The van der Waals surface area contributed by atoms with E-state index in [9.17, 15) is 14.4 Å². The van der Waals surface area contributed by atoms with Gasteiger partial charge in [-0.05, 0) is 43.7 Å². The fraction of sp³-hybridized carbons (Fsp3) is 0.350. The van der Waals surface area contributed by atoms with E-state index in [0.29, 0.717) is 24.1 Å². The van der Waals surface area contributed by atoms with Crippen molar-refractivity contribution < 1.29 is 9.59 Å². The number of carbonyl (C=O) groups is 2. The first-order valence-corrected chi connectivity index (χ1v) is 8.76. The van der Waals surface area contributed by atoms with E-state index in [0.717, 1.165) is 31.2 Å². The highest BCUT2D eigenvalue weighted by Gasteiger charge is 2.40. The molecule has 128 valence electrons. The summed E-state index contributed by atoms with van der Waals surface area (Å²) in [7, 11) is 0. The minimum Gasteiger partial charge on any atom is -0.342 e. The van der Waals surface area contributed by atoms with Crippen molar-refractivity contribution in [3.05, 3.63) is 69.1 Å². The molecule has 1 heterocycles.